The molecule has 1 unspecified atom stereocenters. The van der Waals surface area contributed by atoms with Gasteiger partial charge in [0.1, 0.15) is 11.5 Å². The highest BCUT2D eigenvalue weighted by Crippen LogP contribution is 2.40. The van der Waals surface area contributed by atoms with E-state index >= 15 is 0 Å². The highest BCUT2D eigenvalue weighted by molar-refractivity contribution is 6.46. The normalized spacial score (nSPS) is 18.1. The van der Waals surface area contributed by atoms with Crippen LogP contribution in [0.2, 0.25) is 0 Å². The Bertz CT molecular complexity index is 1090. The van der Waals surface area contributed by atoms with E-state index in [9.17, 15) is 14.7 Å². The lowest BCUT2D eigenvalue weighted by molar-refractivity contribution is -0.140. The molecule has 1 saturated heterocycles. The third-order valence-electron chi connectivity index (χ3n) is 6.11. The van der Waals surface area contributed by atoms with Crippen LogP contribution in [0.25, 0.3) is 5.76 Å². The van der Waals surface area contributed by atoms with Gasteiger partial charge < -0.3 is 19.5 Å². The summed E-state index contributed by atoms with van der Waals surface area (Å²) in [5, 5.41) is 11.5. The number of benzene rings is 2. The Labute approximate surface area is 202 Å². The van der Waals surface area contributed by atoms with Crippen molar-refractivity contribution in [3.05, 3.63) is 70.3 Å². The number of Topliss-reactive ketones (excluding diaryl/α,β-unsaturated/α-hetero) is 1. The molecule has 1 atom stereocenters. The monoisotopic (exact) mass is 465 g/mol. The number of likely N-dealkylation sites (tertiary alicyclic amines) is 1. The number of hydrogen-bond acceptors (Lipinski definition) is 5. The molecule has 6 nitrogen and oxygen atoms in total. The predicted molar refractivity (Wildman–Crippen MR) is 133 cm³/mol. The van der Waals surface area contributed by atoms with Gasteiger partial charge in [0.25, 0.3) is 11.7 Å². The third kappa shape index (κ3) is 5.17. The van der Waals surface area contributed by atoms with Crippen LogP contribution in [-0.2, 0) is 19.7 Å². The van der Waals surface area contributed by atoms with E-state index in [-0.39, 0.29) is 36.0 Å². The van der Waals surface area contributed by atoms with Crippen molar-refractivity contribution in [1.82, 2.24) is 4.90 Å². The maximum atomic E-state index is 13.3. The van der Waals surface area contributed by atoms with E-state index in [4.69, 9.17) is 9.47 Å². The van der Waals surface area contributed by atoms with Crippen molar-refractivity contribution >= 4 is 17.4 Å². The van der Waals surface area contributed by atoms with Crippen LogP contribution < -0.4 is 4.74 Å². The van der Waals surface area contributed by atoms with Crippen LogP contribution in [-0.4, -0.2) is 48.1 Å². The Kier molecular flexibility index (Phi) is 7.51. The Hall–Kier alpha value is -3.12. The third-order valence-corrected chi connectivity index (χ3v) is 6.11. The number of hydrogen-bond donors (Lipinski definition) is 1. The first-order valence-electron chi connectivity index (χ1n) is 11.6. The molecule has 1 heterocycles. The van der Waals surface area contributed by atoms with E-state index in [1.807, 2.05) is 51.1 Å². The molecular formula is C28H35NO5. The molecule has 182 valence electrons. The zero-order valence-electron chi connectivity index (χ0n) is 21.1. The fourth-order valence-corrected chi connectivity index (χ4v) is 4.12. The van der Waals surface area contributed by atoms with Gasteiger partial charge in [0, 0.05) is 12.1 Å². The summed E-state index contributed by atoms with van der Waals surface area (Å²) >= 11 is 0. The highest BCUT2D eigenvalue weighted by atomic mass is 16.5. The molecule has 0 aromatic heterocycles. The maximum absolute atomic E-state index is 13.3. The number of aryl methyl sites for hydroxylation is 1. The molecule has 1 N–H and O–H groups in total. The second-order valence-electron chi connectivity index (χ2n) is 9.96. The molecule has 34 heavy (non-hydrogen) atoms. The number of aliphatic hydroxyl groups excluding tert-OH is 1. The zero-order valence-corrected chi connectivity index (χ0v) is 21.1. The number of ketones is 1. The molecule has 2 aromatic rings. The molecule has 1 amide bonds. The number of ether oxygens (including phenoxy) is 2. The minimum atomic E-state index is -0.723. The van der Waals surface area contributed by atoms with Gasteiger partial charge in [0.15, 0.2) is 0 Å². The molecule has 0 spiro atoms. The lowest BCUT2D eigenvalue weighted by atomic mass is 9.84. The molecular weight excluding hydrogens is 430 g/mol. The van der Waals surface area contributed by atoms with Gasteiger partial charge in [0.05, 0.1) is 31.4 Å². The van der Waals surface area contributed by atoms with E-state index in [2.05, 4.69) is 20.8 Å². The smallest absolute Gasteiger partial charge is 0.295 e. The standard InChI is InChI=1S/C28H35NO5/c1-17(2)34-15-14-29-24(19-9-12-21(33-7)13-10-19)23(26(31)27(29)32)25(30)22-16-20(28(4,5)6)11-8-18(22)3/h8-13,16-17,24,30H,14-15H2,1-7H3/b25-23+. The number of methoxy groups -OCH3 is 1. The lowest BCUT2D eigenvalue weighted by Crippen LogP contribution is -2.33. The molecule has 0 bridgehead atoms. The van der Waals surface area contributed by atoms with Crippen molar-refractivity contribution in [3.63, 3.8) is 0 Å². The molecule has 1 aliphatic rings. The van der Waals surface area contributed by atoms with Crippen molar-refractivity contribution in [2.75, 3.05) is 20.3 Å². The summed E-state index contributed by atoms with van der Waals surface area (Å²) in [6.07, 6.45) is -0.000883. The summed E-state index contributed by atoms with van der Waals surface area (Å²) in [7, 11) is 1.58. The number of nitrogens with zero attached hydrogens (tertiary/aromatic N) is 1. The van der Waals surface area contributed by atoms with E-state index in [1.54, 1.807) is 19.2 Å². The van der Waals surface area contributed by atoms with E-state index in [0.29, 0.717) is 11.3 Å². The summed E-state index contributed by atoms with van der Waals surface area (Å²) in [5.41, 5.74) is 3.08. The maximum Gasteiger partial charge on any atom is 0.295 e. The van der Waals surface area contributed by atoms with Crippen LogP contribution in [0.15, 0.2) is 48.0 Å². The first-order valence-corrected chi connectivity index (χ1v) is 11.6. The van der Waals surface area contributed by atoms with Gasteiger partial charge in [-0.1, -0.05) is 45.0 Å². The van der Waals surface area contributed by atoms with Crippen LogP contribution in [0.4, 0.5) is 0 Å². The van der Waals surface area contributed by atoms with Gasteiger partial charge in [-0.15, -0.1) is 0 Å². The molecule has 0 radical (unpaired) electrons. The van der Waals surface area contributed by atoms with E-state index in [1.165, 1.54) is 4.90 Å². The first kappa shape index (κ1) is 25.5. The van der Waals surface area contributed by atoms with Gasteiger partial charge in [-0.25, -0.2) is 0 Å². The van der Waals surface area contributed by atoms with Crippen molar-refractivity contribution in [2.45, 2.75) is 59.1 Å². The predicted octanol–water partition coefficient (Wildman–Crippen LogP) is 5.15. The van der Waals surface area contributed by atoms with Gasteiger partial charge in [-0.2, -0.15) is 0 Å². The van der Waals surface area contributed by atoms with Gasteiger partial charge in [-0.3, -0.25) is 9.59 Å². The molecule has 1 aliphatic heterocycles. The van der Waals surface area contributed by atoms with Gasteiger partial charge in [0.2, 0.25) is 0 Å². The topological polar surface area (TPSA) is 76.1 Å². The number of amides is 1. The summed E-state index contributed by atoms with van der Waals surface area (Å²) in [5.74, 6) is -0.824. The van der Waals surface area contributed by atoms with Crippen molar-refractivity contribution < 1.29 is 24.2 Å². The number of aliphatic hydroxyl groups is 1. The SMILES string of the molecule is COc1ccc(C2/C(=C(\O)c3cc(C(C)(C)C)ccc3C)C(=O)C(=O)N2CCOC(C)C)cc1. The minimum Gasteiger partial charge on any atom is -0.507 e. The minimum absolute atomic E-state index is 0.000883. The van der Waals surface area contributed by atoms with Gasteiger partial charge in [-0.05, 0) is 61.1 Å². The molecule has 0 aliphatic carbocycles. The zero-order chi connectivity index (χ0) is 25.2. The Morgan fingerprint density at radius 1 is 1.09 bits per heavy atom. The second kappa shape index (κ2) is 10.0. The molecule has 2 aromatic carbocycles. The Balaban J connectivity index is 2.16. The van der Waals surface area contributed by atoms with E-state index < -0.39 is 17.7 Å². The molecule has 0 saturated carbocycles. The van der Waals surface area contributed by atoms with E-state index in [0.717, 1.165) is 16.7 Å². The highest BCUT2D eigenvalue weighted by Gasteiger charge is 2.46. The van der Waals surface area contributed by atoms with Crippen molar-refractivity contribution in [2.24, 2.45) is 0 Å². The Morgan fingerprint density at radius 2 is 1.74 bits per heavy atom. The van der Waals surface area contributed by atoms with Gasteiger partial charge >= 0.3 is 0 Å². The van der Waals surface area contributed by atoms with Crippen LogP contribution >= 0.6 is 0 Å². The van der Waals surface area contributed by atoms with Crippen LogP contribution in [0.5, 0.6) is 5.75 Å². The first-order chi connectivity index (χ1) is 16.0. The van der Waals surface area contributed by atoms with Crippen LogP contribution in [0.3, 0.4) is 0 Å². The van der Waals surface area contributed by atoms with Crippen LogP contribution in [0.1, 0.15) is 62.9 Å². The van der Waals surface area contributed by atoms with Crippen molar-refractivity contribution in [1.29, 1.82) is 0 Å². The summed E-state index contributed by atoms with van der Waals surface area (Å²) in [6.45, 7) is 12.5. The molecule has 3 rings (SSSR count). The fourth-order valence-electron chi connectivity index (χ4n) is 4.12. The quantitative estimate of drug-likeness (QED) is 0.348. The second-order valence-corrected chi connectivity index (χ2v) is 9.96. The number of rotatable bonds is 7. The van der Waals surface area contributed by atoms with Crippen molar-refractivity contribution in [3.8, 4) is 5.75 Å². The molecule has 6 heteroatoms. The lowest BCUT2D eigenvalue weighted by Gasteiger charge is -2.26. The number of carbonyl (C=O) groups excluding carboxylic acids is 2. The summed E-state index contributed by atoms with van der Waals surface area (Å²) in [6, 6.07) is 12.3. The average molecular weight is 466 g/mol. The Morgan fingerprint density at radius 3 is 2.29 bits per heavy atom. The largest absolute Gasteiger partial charge is 0.507 e. The number of carbonyl (C=O) groups is 2. The van der Waals surface area contributed by atoms with Crippen LogP contribution in [0, 0.1) is 6.92 Å². The fraction of sp³-hybridized carbons (Fsp3) is 0.429. The summed E-state index contributed by atoms with van der Waals surface area (Å²) < 4.78 is 10.9. The summed E-state index contributed by atoms with van der Waals surface area (Å²) in [4.78, 5) is 27.8. The average Bonchev–Trinajstić information content (AvgIpc) is 3.03. The molecule has 1 fully saturated rings.